The molecule has 1 atom stereocenters. The third-order valence-corrected chi connectivity index (χ3v) is 5.21. The molecule has 0 aliphatic carbocycles. The predicted octanol–water partition coefficient (Wildman–Crippen LogP) is 6.47. The number of ether oxygens (including phenoxy) is 2. The first-order valence-electron chi connectivity index (χ1n) is 9.97. The van der Waals surface area contributed by atoms with Crippen LogP contribution < -0.4 is 4.74 Å². The number of hydrogen-bond donors (Lipinski definition) is 0. The van der Waals surface area contributed by atoms with Crippen molar-refractivity contribution in [3.8, 4) is 39.1 Å². The van der Waals surface area contributed by atoms with Crippen LogP contribution in [-0.4, -0.2) is 19.3 Å². The van der Waals surface area contributed by atoms with Crippen LogP contribution in [0.25, 0.3) is 33.4 Å². The van der Waals surface area contributed by atoms with Gasteiger partial charge in [0.15, 0.2) is 0 Å². The van der Waals surface area contributed by atoms with Crippen molar-refractivity contribution < 1.29 is 9.47 Å². The highest BCUT2D eigenvalue weighted by atomic mass is 16.6. The molecule has 4 aromatic carbocycles. The second-order valence-corrected chi connectivity index (χ2v) is 7.25. The summed E-state index contributed by atoms with van der Waals surface area (Å²) in [5, 5.41) is 0. The van der Waals surface area contributed by atoms with Gasteiger partial charge in [0.2, 0.25) is 0 Å². The van der Waals surface area contributed by atoms with Crippen molar-refractivity contribution in [1.29, 1.82) is 0 Å². The molecule has 2 heteroatoms. The molecule has 0 amide bonds. The summed E-state index contributed by atoms with van der Waals surface area (Å²) in [6.07, 6.45) is 0.233. The lowest BCUT2D eigenvalue weighted by Gasteiger charge is -2.15. The van der Waals surface area contributed by atoms with Crippen LogP contribution in [-0.2, 0) is 4.74 Å². The smallest absolute Gasteiger partial charge is 0.127 e. The molecule has 0 N–H and O–H groups in total. The maximum absolute atomic E-state index is 6.10. The fraction of sp³-hybridized carbons (Fsp3) is 0.111. The fourth-order valence-electron chi connectivity index (χ4n) is 3.62. The lowest BCUT2D eigenvalue weighted by Crippen LogP contribution is -2.05. The molecule has 1 aliphatic heterocycles. The van der Waals surface area contributed by atoms with E-state index in [9.17, 15) is 0 Å². The third kappa shape index (κ3) is 3.94. The molecule has 1 fully saturated rings. The van der Waals surface area contributed by atoms with Gasteiger partial charge in [-0.15, -0.1) is 0 Å². The quantitative estimate of drug-likeness (QED) is 0.359. The Labute approximate surface area is 171 Å². The summed E-state index contributed by atoms with van der Waals surface area (Å²) < 4.78 is 11.4. The second-order valence-electron chi connectivity index (χ2n) is 7.25. The van der Waals surface area contributed by atoms with Crippen molar-refractivity contribution in [1.82, 2.24) is 0 Å². The molecular formula is C27H22O2. The monoisotopic (exact) mass is 378 g/mol. The summed E-state index contributed by atoms with van der Waals surface area (Å²) in [4.78, 5) is 0. The molecule has 0 bridgehead atoms. The van der Waals surface area contributed by atoms with E-state index >= 15 is 0 Å². The molecule has 5 rings (SSSR count). The Hall–Kier alpha value is -3.36. The van der Waals surface area contributed by atoms with Gasteiger partial charge >= 0.3 is 0 Å². The normalized spacial score (nSPS) is 15.1. The van der Waals surface area contributed by atoms with E-state index in [0.29, 0.717) is 6.61 Å². The summed E-state index contributed by atoms with van der Waals surface area (Å²) >= 11 is 0. The Morgan fingerprint density at radius 2 is 1.17 bits per heavy atom. The highest BCUT2D eigenvalue weighted by molar-refractivity contribution is 5.86. The molecular weight excluding hydrogens is 356 g/mol. The fourth-order valence-corrected chi connectivity index (χ4v) is 3.62. The Morgan fingerprint density at radius 1 is 0.621 bits per heavy atom. The van der Waals surface area contributed by atoms with Crippen LogP contribution in [0.4, 0.5) is 0 Å². The van der Waals surface area contributed by atoms with E-state index in [0.717, 1.165) is 23.5 Å². The van der Waals surface area contributed by atoms with Crippen LogP contribution in [0.15, 0.2) is 103 Å². The molecule has 1 unspecified atom stereocenters. The van der Waals surface area contributed by atoms with Gasteiger partial charge in [-0.05, 0) is 39.9 Å². The van der Waals surface area contributed by atoms with E-state index in [2.05, 4.69) is 97.1 Å². The standard InChI is InChI=1S/C27H22O2/c1-3-9-20(10-4-1)24-13-7-8-14-25(24)22-15-16-27(29-19-23-18-28-23)26(17-22)21-11-5-2-6-12-21/h1-17,23H,18-19H2. The average molecular weight is 378 g/mol. The molecule has 0 aromatic heterocycles. The minimum Gasteiger partial charge on any atom is -0.490 e. The van der Waals surface area contributed by atoms with Gasteiger partial charge < -0.3 is 9.47 Å². The van der Waals surface area contributed by atoms with E-state index in [1.807, 2.05) is 6.07 Å². The largest absolute Gasteiger partial charge is 0.490 e. The average Bonchev–Trinajstić information content (AvgIpc) is 3.63. The Morgan fingerprint density at radius 3 is 1.79 bits per heavy atom. The molecule has 4 aromatic rings. The van der Waals surface area contributed by atoms with Crippen molar-refractivity contribution in [2.24, 2.45) is 0 Å². The summed E-state index contributed by atoms with van der Waals surface area (Å²) in [6.45, 7) is 1.39. The number of rotatable bonds is 6. The Balaban J connectivity index is 1.60. The maximum atomic E-state index is 6.10. The highest BCUT2D eigenvalue weighted by Gasteiger charge is 2.23. The van der Waals surface area contributed by atoms with Crippen LogP contribution in [0, 0.1) is 0 Å². The van der Waals surface area contributed by atoms with Gasteiger partial charge in [0.1, 0.15) is 18.5 Å². The van der Waals surface area contributed by atoms with Gasteiger partial charge in [-0.1, -0.05) is 91.0 Å². The van der Waals surface area contributed by atoms with Gasteiger partial charge in [0.05, 0.1) is 6.61 Å². The van der Waals surface area contributed by atoms with Gasteiger partial charge in [-0.25, -0.2) is 0 Å². The summed E-state index contributed by atoms with van der Waals surface area (Å²) in [5.74, 6) is 0.896. The molecule has 0 radical (unpaired) electrons. The first-order valence-corrected chi connectivity index (χ1v) is 9.97. The predicted molar refractivity (Wildman–Crippen MR) is 118 cm³/mol. The topological polar surface area (TPSA) is 21.8 Å². The second kappa shape index (κ2) is 7.94. The van der Waals surface area contributed by atoms with E-state index in [1.54, 1.807) is 0 Å². The zero-order chi connectivity index (χ0) is 19.5. The van der Waals surface area contributed by atoms with Crippen LogP contribution in [0.1, 0.15) is 0 Å². The number of epoxide rings is 1. The van der Waals surface area contributed by atoms with Gasteiger partial charge in [0, 0.05) is 5.56 Å². The van der Waals surface area contributed by atoms with Crippen molar-refractivity contribution in [2.45, 2.75) is 6.10 Å². The van der Waals surface area contributed by atoms with E-state index < -0.39 is 0 Å². The van der Waals surface area contributed by atoms with E-state index in [-0.39, 0.29) is 6.10 Å². The van der Waals surface area contributed by atoms with E-state index in [4.69, 9.17) is 9.47 Å². The van der Waals surface area contributed by atoms with Crippen molar-refractivity contribution in [2.75, 3.05) is 13.2 Å². The SMILES string of the molecule is c1ccc(-c2cc(-c3ccccc3-c3ccccc3)ccc2OCC2CO2)cc1. The van der Waals surface area contributed by atoms with Crippen LogP contribution in [0.3, 0.4) is 0 Å². The van der Waals surface area contributed by atoms with Gasteiger partial charge in [-0.2, -0.15) is 0 Å². The lowest BCUT2D eigenvalue weighted by atomic mass is 9.92. The van der Waals surface area contributed by atoms with E-state index in [1.165, 1.54) is 22.3 Å². The van der Waals surface area contributed by atoms with Gasteiger partial charge in [-0.3, -0.25) is 0 Å². The molecule has 1 heterocycles. The lowest BCUT2D eigenvalue weighted by molar-refractivity contribution is 0.264. The molecule has 0 saturated carbocycles. The van der Waals surface area contributed by atoms with Crippen molar-refractivity contribution in [3.63, 3.8) is 0 Å². The van der Waals surface area contributed by atoms with Crippen LogP contribution in [0.2, 0.25) is 0 Å². The molecule has 0 spiro atoms. The Kier molecular flexibility index (Phi) is 4.85. The number of benzene rings is 4. The molecule has 2 nitrogen and oxygen atoms in total. The van der Waals surface area contributed by atoms with Gasteiger partial charge in [0.25, 0.3) is 0 Å². The maximum Gasteiger partial charge on any atom is 0.127 e. The molecule has 1 aliphatic rings. The van der Waals surface area contributed by atoms with Crippen molar-refractivity contribution >= 4 is 0 Å². The minimum absolute atomic E-state index is 0.233. The molecule has 142 valence electrons. The Bertz CT molecular complexity index is 1100. The van der Waals surface area contributed by atoms with Crippen LogP contribution >= 0.6 is 0 Å². The zero-order valence-corrected chi connectivity index (χ0v) is 16.1. The molecule has 1 saturated heterocycles. The van der Waals surface area contributed by atoms with Crippen LogP contribution in [0.5, 0.6) is 5.75 Å². The van der Waals surface area contributed by atoms with Crippen molar-refractivity contribution in [3.05, 3.63) is 103 Å². The zero-order valence-electron chi connectivity index (χ0n) is 16.1. The summed E-state index contributed by atoms with van der Waals surface area (Å²) in [5.41, 5.74) is 7.10. The summed E-state index contributed by atoms with van der Waals surface area (Å²) in [7, 11) is 0. The summed E-state index contributed by atoms with van der Waals surface area (Å²) in [6, 6.07) is 36.0. The first kappa shape index (κ1) is 17.7. The minimum atomic E-state index is 0.233. The number of hydrogen-bond acceptors (Lipinski definition) is 2. The first-order chi connectivity index (χ1) is 14.4. The third-order valence-electron chi connectivity index (χ3n) is 5.21. The molecule has 29 heavy (non-hydrogen) atoms. The highest BCUT2D eigenvalue weighted by Crippen LogP contribution is 2.38.